The van der Waals surface area contributed by atoms with Crippen LogP contribution in [0.2, 0.25) is 0 Å². The molecule has 28 heavy (non-hydrogen) atoms. The van der Waals surface area contributed by atoms with Crippen molar-refractivity contribution in [2.45, 2.75) is 18.8 Å². The molecule has 3 heterocycles. The van der Waals surface area contributed by atoms with Crippen LogP contribution in [0.5, 0.6) is 0 Å². The summed E-state index contributed by atoms with van der Waals surface area (Å²) in [6.45, 7) is 1.03. The molecule has 1 fully saturated rings. The Kier molecular flexibility index (Phi) is 4.85. The molecule has 1 atom stereocenters. The van der Waals surface area contributed by atoms with Gasteiger partial charge in [-0.25, -0.2) is 23.7 Å². The van der Waals surface area contributed by atoms with Gasteiger partial charge in [-0.2, -0.15) is 0 Å². The van der Waals surface area contributed by atoms with Gasteiger partial charge >= 0.3 is 0 Å². The molecule has 1 aliphatic heterocycles. The van der Waals surface area contributed by atoms with Gasteiger partial charge in [-0.3, -0.25) is 9.36 Å². The van der Waals surface area contributed by atoms with E-state index in [0.717, 1.165) is 6.42 Å². The van der Waals surface area contributed by atoms with Gasteiger partial charge in [0.2, 0.25) is 5.95 Å². The lowest BCUT2D eigenvalue weighted by Crippen LogP contribution is -2.39. The molecule has 144 valence electrons. The summed E-state index contributed by atoms with van der Waals surface area (Å²) >= 11 is 0. The van der Waals surface area contributed by atoms with Crippen molar-refractivity contribution in [3.05, 3.63) is 70.4 Å². The van der Waals surface area contributed by atoms with Gasteiger partial charge in [-0.15, -0.1) is 0 Å². The van der Waals surface area contributed by atoms with E-state index < -0.39 is 11.6 Å². The van der Waals surface area contributed by atoms with Crippen LogP contribution >= 0.6 is 0 Å². The van der Waals surface area contributed by atoms with Crippen LogP contribution in [0.25, 0.3) is 11.4 Å². The molecule has 0 radical (unpaired) electrons. The van der Waals surface area contributed by atoms with Gasteiger partial charge in [0, 0.05) is 43.9 Å². The van der Waals surface area contributed by atoms with E-state index in [9.17, 15) is 13.6 Å². The van der Waals surface area contributed by atoms with Gasteiger partial charge in [0.15, 0.2) is 0 Å². The van der Waals surface area contributed by atoms with Crippen molar-refractivity contribution in [3.8, 4) is 11.4 Å². The lowest BCUT2D eigenvalue weighted by Gasteiger charge is -2.34. The number of hydrogen-bond donors (Lipinski definition) is 0. The van der Waals surface area contributed by atoms with Gasteiger partial charge < -0.3 is 4.90 Å². The molecule has 2 aromatic heterocycles. The minimum atomic E-state index is -0.538. The van der Waals surface area contributed by atoms with Crippen LogP contribution in [-0.2, 0) is 7.05 Å². The van der Waals surface area contributed by atoms with Gasteiger partial charge in [0.1, 0.15) is 18.0 Å². The molecule has 0 amide bonds. The molecule has 3 aromatic rings. The summed E-state index contributed by atoms with van der Waals surface area (Å²) < 4.78 is 29.9. The smallest absolute Gasteiger partial charge is 0.255 e. The zero-order valence-electron chi connectivity index (χ0n) is 15.3. The normalized spacial score (nSPS) is 17.0. The van der Waals surface area contributed by atoms with E-state index in [-0.39, 0.29) is 17.0 Å². The number of aromatic nitrogens is 4. The highest BCUT2D eigenvalue weighted by molar-refractivity contribution is 5.55. The van der Waals surface area contributed by atoms with Gasteiger partial charge in [-0.1, -0.05) is 6.07 Å². The third-order valence-corrected chi connectivity index (χ3v) is 5.07. The largest absolute Gasteiger partial charge is 0.342 e. The summed E-state index contributed by atoms with van der Waals surface area (Å²) in [6.07, 6.45) is 4.39. The van der Waals surface area contributed by atoms with Gasteiger partial charge in [0.25, 0.3) is 5.56 Å². The number of benzene rings is 1. The quantitative estimate of drug-likeness (QED) is 0.696. The van der Waals surface area contributed by atoms with Crippen molar-refractivity contribution in [1.82, 2.24) is 19.5 Å². The van der Waals surface area contributed by atoms with Crippen LogP contribution in [0.1, 0.15) is 24.3 Å². The fourth-order valence-electron chi connectivity index (χ4n) is 3.68. The molecule has 6 nitrogen and oxygen atoms in total. The Bertz CT molecular complexity index is 1030. The Morgan fingerprint density at radius 1 is 1.14 bits per heavy atom. The summed E-state index contributed by atoms with van der Waals surface area (Å²) in [5, 5.41) is 0. The monoisotopic (exact) mass is 383 g/mol. The Hall–Kier alpha value is -3.16. The van der Waals surface area contributed by atoms with E-state index >= 15 is 0 Å². The highest BCUT2D eigenvalue weighted by Crippen LogP contribution is 2.32. The van der Waals surface area contributed by atoms with Crippen molar-refractivity contribution in [2.75, 3.05) is 18.0 Å². The summed E-state index contributed by atoms with van der Waals surface area (Å²) in [4.78, 5) is 27.0. The standard InChI is InChI=1S/C20H19F2N5O/c1-26-18(28)10-17(16-7-8-23-12-24-16)25-20(26)27-9-3-4-13(11-27)19-14(21)5-2-6-15(19)22/h2,5-8,10,12-13H,3-4,9,11H2,1H3. The maximum absolute atomic E-state index is 14.2. The van der Waals surface area contributed by atoms with Gasteiger partial charge in [0.05, 0.1) is 11.4 Å². The maximum atomic E-state index is 14.2. The van der Waals surface area contributed by atoms with Crippen LogP contribution in [0.3, 0.4) is 0 Å². The third-order valence-electron chi connectivity index (χ3n) is 5.07. The van der Waals surface area contributed by atoms with E-state index in [1.807, 2.05) is 4.90 Å². The van der Waals surface area contributed by atoms with Crippen molar-refractivity contribution in [2.24, 2.45) is 7.05 Å². The molecule has 0 N–H and O–H groups in total. The summed E-state index contributed by atoms with van der Waals surface area (Å²) in [6, 6.07) is 7.02. The molecule has 4 rings (SSSR count). The van der Waals surface area contributed by atoms with Crippen molar-refractivity contribution in [3.63, 3.8) is 0 Å². The fraction of sp³-hybridized carbons (Fsp3) is 0.300. The molecule has 8 heteroatoms. The molecule has 1 unspecified atom stereocenters. The second kappa shape index (κ2) is 7.46. The van der Waals surface area contributed by atoms with E-state index in [1.54, 1.807) is 19.3 Å². The minimum Gasteiger partial charge on any atom is -0.342 e. The SMILES string of the molecule is Cn1c(N2CCCC(c3c(F)cccc3F)C2)nc(-c2ccncn2)cc1=O. The molecule has 0 bridgehead atoms. The number of piperidine rings is 1. The number of anilines is 1. The maximum Gasteiger partial charge on any atom is 0.255 e. The van der Waals surface area contributed by atoms with Gasteiger partial charge in [-0.05, 0) is 31.0 Å². The zero-order valence-corrected chi connectivity index (χ0v) is 15.3. The first-order chi connectivity index (χ1) is 13.5. The van der Waals surface area contributed by atoms with Crippen LogP contribution in [0.4, 0.5) is 14.7 Å². The fourth-order valence-corrected chi connectivity index (χ4v) is 3.68. The Morgan fingerprint density at radius 3 is 2.64 bits per heavy atom. The first-order valence-electron chi connectivity index (χ1n) is 9.08. The molecule has 0 aliphatic carbocycles. The molecule has 1 aliphatic rings. The average Bonchev–Trinajstić information content (AvgIpc) is 2.71. The lowest BCUT2D eigenvalue weighted by molar-refractivity contribution is 0.453. The van der Waals surface area contributed by atoms with E-state index in [4.69, 9.17) is 0 Å². The van der Waals surface area contributed by atoms with Crippen LogP contribution in [0, 0.1) is 11.6 Å². The lowest BCUT2D eigenvalue weighted by atomic mass is 9.90. The first-order valence-corrected chi connectivity index (χ1v) is 9.08. The third kappa shape index (κ3) is 3.37. The summed E-state index contributed by atoms with van der Waals surface area (Å²) in [5.74, 6) is -0.927. The van der Waals surface area contributed by atoms with Crippen LogP contribution in [0.15, 0.2) is 47.7 Å². The Morgan fingerprint density at radius 2 is 1.93 bits per heavy atom. The highest BCUT2D eigenvalue weighted by Gasteiger charge is 2.28. The highest BCUT2D eigenvalue weighted by atomic mass is 19.1. The average molecular weight is 383 g/mol. The summed E-state index contributed by atoms with van der Waals surface area (Å²) in [5.41, 5.74) is 0.865. The minimum absolute atomic E-state index is 0.101. The topological polar surface area (TPSA) is 63.9 Å². The first kappa shape index (κ1) is 18.2. The molecule has 1 saturated heterocycles. The van der Waals surface area contributed by atoms with Crippen LogP contribution < -0.4 is 10.5 Å². The number of hydrogen-bond acceptors (Lipinski definition) is 5. The zero-order chi connectivity index (χ0) is 19.7. The number of halogens is 2. The molecule has 1 aromatic carbocycles. The number of rotatable bonds is 3. The van der Waals surface area contributed by atoms with Crippen molar-refractivity contribution >= 4 is 5.95 Å². The number of nitrogens with zero attached hydrogens (tertiary/aromatic N) is 5. The molecule has 0 saturated carbocycles. The van der Waals surface area contributed by atoms with Crippen molar-refractivity contribution in [1.29, 1.82) is 0 Å². The predicted molar refractivity (Wildman–Crippen MR) is 101 cm³/mol. The Balaban J connectivity index is 1.71. The van der Waals surface area contributed by atoms with E-state index in [2.05, 4.69) is 15.0 Å². The van der Waals surface area contributed by atoms with E-state index in [0.29, 0.717) is 36.8 Å². The van der Waals surface area contributed by atoms with Crippen LogP contribution in [-0.4, -0.2) is 32.6 Å². The molecule has 0 spiro atoms. The van der Waals surface area contributed by atoms with Crippen molar-refractivity contribution < 1.29 is 8.78 Å². The Labute approximate surface area is 160 Å². The summed E-state index contributed by atoms with van der Waals surface area (Å²) in [7, 11) is 1.64. The second-order valence-electron chi connectivity index (χ2n) is 6.85. The molecular formula is C20H19F2N5O. The van der Waals surface area contributed by atoms with E-state index in [1.165, 1.54) is 35.2 Å². The predicted octanol–water partition coefficient (Wildman–Crippen LogP) is 2.90. The molecular weight excluding hydrogens is 364 g/mol. The second-order valence-corrected chi connectivity index (χ2v) is 6.85.